The van der Waals surface area contributed by atoms with Crippen LogP contribution in [-0.4, -0.2) is 19.1 Å². The van der Waals surface area contributed by atoms with Crippen molar-refractivity contribution in [3.63, 3.8) is 0 Å². The van der Waals surface area contributed by atoms with Gasteiger partial charge in [-0.2, -0.15) is 0 Å². The predicted molar refractivity (Wildman–Crippen MR) is 183 cm³/mol. The molecular formula is C40H24N4O. The van der Waals surface area contributed by atoms with Crippen LogP contribution in [0.1, 0.15) is 0 Å². The van der Waals surface area contributed by atoms with Gasteiger partial charge in [0.1, 0.15) is 11.2 Å². The molecule has 0 amide bonds. The van der Waals surface area contributed by atoms with Gasteiger partial charge in [0.2, 0.25) is 0 Å². The lowest BCUT2D eigenvalue weighted by Gasteiger charge is -2.09. The summed E-state index contributed by atoms with van der Waals surface area (Å²) in [7, 11) is 0. The molecule has 0 unspecified atom stereocenters. The van der Waals surface area contributed by atoms with Crippen LogP contribution in [0.15, 0.2) is 150 Å². The van der Waals surface area contributed by atoms with Gasteiger partial charge in [0.05, 0.1) is 40.2 Å². The molecule has 4 aromatic heterocycles. The third kappa shape index (κ3) is 3.49. The van der Waals surface area contributed by atoms with Crippen LogP contribution in [0.2, 0.25) is 0 Å². The van der Waals surface area contributed by atoms with Crippen molar-refractivity contribution in [2.75, 3.05) is 0 Å². The summed E-state index contributed by atoms with van der Waals surface area (Å²) in [4.78, 5) is 9.81. The predicted octanol–water partition coefficient (Wildman–Crippen LogP) is 10.2. The van der Waals surface area contributed by atoms with Crippen LogP contribution in [0.25, 0.3) is 88.3 Å². The van der Waals surface area contributed by atoms with E-state index in [-0.39, 0.29) is 0 Å². The molecule has 45 heavy (non-hydrogen) atoms. The molecule has 10 aromatic rings. The number of aromatic nitrogens is 4. The summed E-state index contributed by atoms with van der Waals surface area (Å²) in [5.41, 5.74) is 9.19. The average molecular weight is 577 g/mol. The molecule has 10 rings (SSSR count). The summed E-state index contributed by atoms with van der Waals surface area (Å²) < 4.78 is 10.9. The first-order valence-electron chi connectivity index (χ1n) is 15.1. The minimum Gasteiger partial charge on any atom is -0.456 e. The van der Waals surface area contributed by atoms with E-state index in [0.29, 0.717) is 0 Å². The van der Waals surface area contributed by atoms with E-state index < -0.39 is 0 Å². The quantitative estimate of drug-likeness (QED) is 0.210. The number of hydrogen-bond acceptors (Lipinski definition) is 3. The van der Waals surface area contributed by atoms with Crippen molar-refractivity contribution in [1.82, 2.24) is 19.1 Å². The van der Waals surface area contributed by atoms with Gasteiger partial charge in [0, 0.05) is 43.6 Å². The molecule has 0 aliphatic carbocycles. The molecule has 0 saturated carbocycles. The Bertz CT molecular complexity index is 2670. The van der Waals surface area contributed by atoms with E-state index >= 15 is 0 Å². The zero-order chi connectivity index (χ0) is 29.5. The van der Waals surface area contributed by atoms with Gasteiger partial charge in [0.15, 0.2) is 5.82 Å². The fourth-order valence-corrected chi connectivity index (χ4v) is 7.04. The highest BCUT2D eigenvalue weighted by Crippen LogP contribution is 2.37. The van der Waals surface area contributed by atoms with E-state index in [9.17, 15) is 0 Å². The van der Waals surface area contributed by atoms with Crippen LogP contribution in [-0.2, 0) is 0 Å². The number of benzene rings is 6. The van der Waals surface area contributed by atoms with Crippen LogP contribution >= 0.6 is 0 Å². The highest BCUT2D eigenvalue weighted by atomic mass is 16.3. The van der Waals surface area contributed by atoms with Crippen molar-refractivity contribution in [3.8, 4) is 22.8 Å². The van der Waals surface area contributed by atoms with Crippen molar-refractivity contribution in [2.24, 2.45) is 0 Å². The monoisotopic (exact) mass is 576 g/mol. The minimum atomic E-state index is 0.788. The summed E-state index contributed by atoms with van der Waals surface area (Å²) in [5, 5.41) is 7.01. The molecule has 0 fully saturated rings. The van der Waals surface area contributed by atoms with Crippen molar-refractivity contribution in [3.05, 3.63) is 146 Å². The molecule has 5 heteroatoms. The Hall–Kier alpha value is -6.20. The highest BCUT2D eigenvalue weighted by molar-refractivity contribution is 6.11. The molecular weight excluding hydrogens is 552 g/mol. The Balaban J connectivity index is 1.15. The molecule has 0 aliphatic rings. The molecule has 0 atom stereocenters. The maximum atomic E-state index is 6.32. The zero-order valence-electron chi connectivity index (χ0n) is 24.1. The number of para-hydroxylation sites is 4. The van der Waals surface area contributed by atoms with Crippen molar-refractivity contribution >= 4 is 65.6 Å². The lowest BCUT2D eigenvalue weighted by Crippen LogP contribution is -1.99. The fraction of sp³-hybridized carbons (Fsp3) is 0. The van der Waals surface area contributed by atoms with Gasteiger partial charge in [-0.1, -0.05) is 72.8 Å². The Labute approximate surface area is 257 Å². The van der Waals surface area contributed by atoms with E-state index in [0.717, 1.165) is 55.7 Å². The van der Waals surface area contributed by atoms with E-state index in [1.165, 1.54) is 32.6 Å². The Morgan fingerprint density at radius 2 is 0.956 bits per heavy atom. The average Bonchev–Trinajstić information content (AvgIpc) is 3.75. The van der Waals surface area contributed by atoms with Crippen LogP contribution in [0.5, 0.6) is 0 Å². The summed E-state index contributed by atoms with van der Waals surface area (Å²) in [6.45, 7) is 0. The molecule has 0 aliphatic heterocycles. The summed E-state index contributed by atoms with van der Waals surface area (Å²) >= 11 is 0. The van der Waals surface area contributed by atoms with Gasteiger partial charge in [-0.3, -0.25) is 9.55 Å². The molecule has 0 spiro atoms. The Morgan fingerprint density at radius 1 is 0.444 bits per heavy atom. The highest BCUT2D eigenvalue weighted by Gasteiger charge is 2.16. The van der Waals surface area contributed by atoms with Crippen LogP contribution in [0.4, 0.5) is 0 Å². The smallest absolute Gasteiger partial charge is 0.156 e. The third-order valence-electron chi connectivity index (χ3n) is 9.02. The van der Waals surface area contributed by atoms with E-state index in [1.807, 2.05) is 18.5 Å². The summed E-state index contributed by atoms with van der Waals surface area (Å²) in [6, 6.07) is 46.8. The topological polar surface area (TPSA) is 48.8 Å². The van der Waals surface area contributed by atoms with Gasteiger partial charge in [-0.15, -0.1) is 0 Å². The van der Waals surface area contributed by atoms with Crippen molar-refractivity contribution in [2.45, 2.75) is 0 Å². The maximum absolute atomic E-state index is 6.32. The standard InChI is InChI=1S/C40H24N4O/c1-5-13-34-27(9-1)28-10-2-6-14-35(28)43(34)26-18-20-39-32(22-26)31-21-25(17-19-38(31)45-39)33-23-41-24-40(42-33)44-36-15-7-3-11-29(36)30-12-4-8-16-37(30)44/h1-24H. The van der Waals surface area contributed by atoms with Gasteiger partial charge in [-0.05, 0) is 60.7 Å². The van der Waals surface area contributed by atoms with Crippen molar-refractivity contribution in [1.29, 1.82) is 0 Å². The van der Waals surface area contributed by atoms with Gasteiger partial charge in [0.25, 0.3) is 0 Å². The first-order valence-corrected chi connectivity index (χ1v) is 15.1. The Kier molecular flexibility index (Phi) is 4.93. The molecule has 4 heterocycles. The molecule has 0 radical (unpaired) electrons. The van der Waals surface area contributed by atoms with E-state index in [4.69, 9.17) is 9.40 Å². The lowest BCUT2D eigenvalue weighted by molar-refractivity contribution is 0.669. The number of nitrogens with zero attached hydrogens (tertiary/aromatic N) is 4. The van der Waals surface area contributed by atoms with Crippen LogP contribution in [0, 0.1) is 0 Å². The number of furan rings is 1. The number of fused-ring (bicyclic) bond motifs is 9. The molecule has 5 nitrogen and oxygen atoms in total. The first-order chi connectivity index (χ1) is 22.3. The molecule has 0 saturated heterocycles. The first kappa shape index (κ1) is 24.3. The minimum absolute atomic E-state index is 0.788. The van der Waals surface area contributed by atoms with Gasteiger partial charge in [-0.25, -0.2) is 4.98 Å². The number of hydrogen-bond donors (Lipinski definition) is 0. The molecule has 6 aromatic carbocycles. The zero-order valence-corrected chi connectivity index (χ0v) is 24.1. The summed E-state index contributed by atoms with van der Waals surface area (Å²) in [5.74, 6) is 0.788. The third-order valence-corrected chi connectivity index (χ3v) is 9.02. The van der Waals surface area contributed by atoms with Gasteiger partial charge < -0.3 is 8.98 Å². The maximum Gasteiger partial charge on any atom is 0.156 e. The van der Waals surface area contributed by atoms with Gasteiger partial charge >= 0.3 is 0 Å². The van der Waals surface area contributed by atoms with E-state index in [2.05, 4.69) is 142 Å². The Morgan fingerprint density at radius 3 is 1.56 bits per heavy atom. The molecule has 210 valence electrons. The van der Waals surface area contributed by atoms with E-state index in [1.54, 1.807) is 0 Å². The lowest BCUT2D eigenvalue weighted by atomic mass is 10.1. The van der Waals surface area contributed by atoms with Crippen LogP contribution < -0.4 is 0 Å². The normalized spacial score (nSPS) is 12.0. The van der Waals surface area contributed by atoms with Crippen molar-refractivity contribution < 1.29 is 4.42 Å². The second-order valence-electron chi connectivity index (χ2n) is 11.5. The molecule has 0 N–H and O–H groups in total. The van der Waals surface area contributed by atoms with Crippen LogP contribution in [0.3, 0.4) is 0 Å². The summed E-state index contributed by atoms with van der Waals surface area (Å²) in [6.07, 6.45) is 3.68. The second kappa shape index (κ2) is 9.15. The second-order valence-corrected chi connectivity index (χ2v) is 11.5. The SMILES string of the molecule is c1ccc2c(c1)c1ccccc1n2-c1ccc2oc3ccc(-c4cncc(-n5c6ccccc6c6ccccc65)n4)cc3c2c1. The molecule has 0 bridgehead atoms. The fourth-order valence-electron chi connectivity index (χ4n) is 7.04. The number of rotatable bonds is 3. The largest absolute Gasteiger partial charge is 0.456 e.